The first-order chi connectivity index (χ1) is 15.4. The summed E-state index contributed by atoms with van der Waals surface area (Å²) in [5.74, 6) is -1.49. The van der Waals surface area contributed by atoms with Gasteiger partial charge in [-0.3, -0.25) is 24.3 Å². The summed E-state index contributed by atoms with van der Waals surface area (Å²) in [6, 6.07) is 11.7. The third-order valence-electron chi connectivity index (χ3n) is 4.24. The second kappa shape index (κ2) is 10.8. The Labute approximate surface area is 193 Å². The van der Waals surface area contributed by atoms with Gasteiger partial charge in [-0.2, -0.15) is 0 Å². The summed E-state index contributed by atoms with van der Waals surface area (Å²) in [5, 5.41) is 11.1. The van der Waals surface area contributed by atoms with E-state index in [0.717, 1.165) is 23.0 Å². The number of esters is 1. The van der Waals surface area contributed by atoms with Crippen molar-refractivity contribution in [3.8, 4) is 11.4 Å². The molecule has 0 unspecified atom stereocenters. The molecule has 0 atom stereocenters. The Balaban J connectivity index is 1.47. The number of ether oxygens (including phenoxy) is 2. The molecule has 0 aliphatic rings. The Bertz CT molecular complexity index is 1130. The summed E-state index contributed by atoms with van der Waals surface area (Å²) in [4.78, 5) is 36.0. The largest absolute Gasteiger partial charge is 0.497 e. The van der Waals surface area contributed by atoms with E-state index in [9.17, 15) is 14.4 Å². The fraction of sp³-hybridized carbons (Fsp3) is 0.190. The quantitative estimate of drug-likeness (QED) is 0.391. The second-order valence-corrected chi connectivity index (χ2v) is 7.82. The maximum Gasteiger partial charge on any atom is 0.316 e. The van der Waals surface area contributed by atoms with Crippen LogP contribution in [0.2, 0.25) is 5.02 Å². The van der Waals surface area contributed by atoms with Gasteiger partial charge in [-0.15, -0.1) is 10.2 Å². The lowest BCUT2D eigenvalue weighted by Crippen LogP contribution is -2.34. The van der Waals surface area contributed by atoms with Crippen LogP contribution in [-0.4, -0.2) is 52.0 Å². The van der Waals surface area contributed by atoms with E-state index in [-0.39, 0.29) is 11.3 Å². The highest BCUT2D eigenvalue weighted by atomic mass is 35.5. The number of benzene rings is 2. The van der Waals surface area contributed by atoms with Crippen LogP contribution in [0.15, 0.2) is 53.9 Å². The Hall–Kier alpha value is -3.37. The van der Waals surface area contributed by atoms with E-state index in [4.69, 9.17) is 21.1 Å². The number of amides is 2. The number of hydrogen-bond acceptors (Lipinski definition) is 8. The maximum absolute atomic E-state index is 12.1. The molecule has 11 heteroatoms. The van der Waals surface area contributed by atoms with Gasteiger partial charge in [-0.05, 0) is 48.9 Å². The molecule has 166 valence electrons. The van der Waals surface area contributed by atoms with Crippen LogP contribution < -0.4 is 10.1 Å². The fourth-order valence-corrected chi connectivity index (χ4v) is 3.42. The molecule has 2 amide bonds. The van der Waals surface area contributed by atoms with E-state index < -0.39 is 24.4 Å². The number of methoxy groups -OCH3 is 1. The van der Waals surface area contributed by atoms with Crippen LogP contribution in [0.25, 0.3) is 5.69 Å². The van der Waals surface area contributed by atoms with Crippen LogP contribution in [0.4, 0.5) is 0 Å². The van der Waals surface area contributed by atoms with E-state index in [1.165, 1.54) is 25.6 Å². The van der Waals surface area contributed by atoms with Gasteiger partial charge in [-0.1, -0.05) is 29.4 Å². The number of nitrogens with one attached hydrogen (secondary N) is 1. The molecule has 0 saturated heterocycles. The molecule has 3 rings (SSSR count). The predicted molar refractivity (Wildman–Crippen MR) is 118 cm³/mol. The molecule has 0 saturated carbocycles. The number of aryl methyl sites for hydroxylation is 1. The van der Waals surface area contributed by atoms with Crippen LogP contribution in [0.3, 0.4) is 0 Å². The summed E-state index contributed by atoms with van der Waals surface area (Å²) in [7, 11) is 1.51. The molecular formula is C21H19ClN4O5S. The highest BCUT2D eigenvalue weighted by Crippen LogP contribution is 2.23. The molecule has 32 heavy (non-hydrogen) atoms. The van der Waals surface area contributed by atoms with Crippen LogP contribution in [-0.2, 0) is 14.3 Å². The van der Waals surface area contributed by atoms with Gasteiger partial charge in [0.2, 0.25) is 0 Å². The average molecular weight is 475 g/mol. The van der Waals surface area contributed by atoms with E-state index in [1.54, 1.807) is 22.8 Å². The van der Waals surface area contributed by atoms with Crippen LogP contribution >= 0.6 is 23.4 Å². The minimum atomic E-state index is -0.735. The molecule has 1 N–H and O–H groups in total. The minimum Gasteiger partial charge on any atom is -0.497 e. The normalized spacial score (nSPS) is 10.5. The Morgan fingerprint density at radius 1 is 1.16 bits per heavy atom. The van der Waals surface area contributed by atoms with Gasteiger partial charge in [0.15, 0.2) is 11.8 Å². The lowest BCUT2D eigenvalue weighted by atomic mass is 10.2. The molecular weight excluding hydrogens is 456 g/mol. The van der Waals surface area contributed by atoms with Crippen molar-refractivity contribution in [3.63, 3.8) is 0 Å². The number of aromatic nitrogens is 3. The number of carbonyl (C=O) groups excluding carboxylic acids is 3. The monoisotopic (exact) mass is 474 g/mol. The van der Waals surface area contributed by atoms with Crippen molar-refractivity contribution in [1.82, 2.24) is 20.1 Å². The third-order valence-corrected chi connectivity index (χ3v) is 5.56. The third kappa shape index (κ3) is 6.08. The first-order valence-corrected chi connectivity index (χ1v) is 10.7. The van der Waals surface area contributed by atoms with Gasteiger partial charge in [0.25, 0.3) is 11.8 Å². The SMILES string of the molecule is COc1ccc(C(=O)NC(=O)COC(=O)CSc2nncn2-c2ccc(C)c(Cl)c2)cc1. The number of nitrogens with zero attached hydrogens (tertiary/aromatic N) is 3. The Morgan fingerprint density at radius 2 is 1.91 bits per heavy atom. The van der Waals surface area contributed by atoms with Gasteiger partial charge in [0.05, 0.1) is 18.6 Å². The molecule has 0 fully saturated rings. The maximum atomic E-state index is 12.1. The van der Waals surface area contributed by atoms with Crippen molar-refractivity contribution in [1.29, 1.82) is 0 Å². The summed E-state index contributed by atoms with van der Waals surface area (Å²) in [6.45, 7) is 1.31. The van der Waals surface area contributed by atoms with Crippen molar-refractivity contribution in [2.75, 3.05) is 19.5 Å². The average Bonchev–Trinajstić information content (AvgIpc) is 3.26. The van der Waals surface area contributed by atoms with Gasteiger partial charge in [0, 0.05) is 10.6 Å². The van der Waals surface area contributed by atoms with Crippen LogP contribution in [0.5, 0.6) is 5.75 Å². The van der Waals surface area contributed by atoms with Gasteiger partial charge in [-0.25, -0.2) is 0 Å². The van der Waals surface area contributed by atoms with Gasteiger partial charge < -0.3 is 9.47 Å². The number of thioether (sulfide) groups is 1. The minimum absolute atomic E-state index is 0.0992. The molecule has 1 heterocycles. The number of imide groups is 1. The molecule has 9 nitrogen and oxygen atoms in total. The van der Waals surface area contributed by atoms with E-state index in [1.807, 2.05) is 19.1 Å². The number of rotatable bonds is 8. The van der Waals surface area contributed by atoms with E-state index >= 15 is 0 Å². The Kier molecular flexibility index (Phi) is 7.85. The molecule has 0 bridgehead atoms. The van der Waals surface area contributed by atoms with Crippen molar-refractivity contribution < 1.29 is 23.9 Å². The highest BCUT2D eigenvalue weighted by molar-refractivity contribution is 7.99. The molecule has 0 radical (unpaired) electrons. The lowest BCUT2D eigenvalue weighted by Gasteiger charge is -2.08. The van der Waals surface area contributed by atoms with Crippen LogP contribution in [0, 0.1) is 6.92 Å². The molecule has 1 aromatic heterocycles. The molecule has 2 aromatic carbocycles. The smallest absolute Gasteiger partial charge is 0.316 e. The zero-order valence-corrected chi connectivity index (χ0v) is 18.8. The number of halogens is 1. The van der Waals surface area contributed by atoms with Gasteiger partial charge >= 0.3 is 5.97 Å². The summed E-state index contributed by atoms with van der Waals surface area (Å²) < 4.78 is 11.6. The molecule has 0 spiro atoms. The molecule has 0 aliphatic heterocycles. The van der Waals surface area contributed by atoms with E-state index in [2.05, 4.69) is 15.5 Å². The topological polar surface area (TPSA) is 112 Å². The van der Waals surface area contributed by atoms with Crippen molar-refractivity contribution in [3.05, 3.63) is 64.9 Å². The zero-order chi connectivity index (χ0) is 23.1. The van der Waals surface area contributed by atoms with Crippen molar-refractivity contribution in [2.24, 2.45) is 0 Å². The van der Waals surface area contributed by atoms with Gasteiger partial charge in [0.1, 0.15) is 12.1 Å². The second-order valence-electron chi connectivity index (χ2n) is 6.47. The van der Waals surface area contributed by atoms with Crippen molar-refractivity contribution >= 4 is 41.1 Å². The Morgan fingerprint density at radius 3 is 2.59 bits per heavy atom. The predicted octanol–water partition coefficient (Wildman–Crippen LogP) is 2.83. The first-order valence-electron chi connectivity index (χ1n) is 9.30. The standard InChI is InChI=1S/C21H19ClN4O5S/c1-13-3-6-15(9-17(13)22)26-12-23-25-21(26)32-11-19(28)31-10-18(27)24-20(29)14-4-7-16(30-2)8-5-14/h3-9,12H,10-11H2,1-2H3,(H,24,27,29). The lowest BCUT2D eigenvalue weighted by molar-refractivity contribution is -0.145. The molecule has 0 aliphatic carbocycles. The van der Waals surface area contributed by atoms with Crippen molar-refractivity contribution in [2.45, 2.75) is 12.1 Å². The van der Waals surface area contributed by atoms with Crippen LogP contribution in [0.1, 0.15) is 15.9 Å². The number of carbonyl (C=O) groups is 3. The zero-order valence-electron chi connectivity index (χ0n) is 17.2. The summed E-state index contributed by atoms with van der Waals surface area (Å²) in [6.07, 6.45) is 1.51. The molecule has 3 aromatic rings. The fourth-order valence-electron chi connectivity index (χ4n) is 2.52. The van der Waals surface area contributed by atoms with E-state index in [0.29, 0.717) is 15.9 Å². The highest BCUT2D eigenvalue weighted by Gasteiger charge is 2.15. The summed E-state index contributed by atoms with van der Waals surface area (Å²) in [5.41, 5.74) is 1.96. The summed E-state index contributed by atoms with van der Waals surface area (Å²) >= 11 is 7.26. The first kappa shape index (κ1) is 23.3. The number of hydrogen-bond donors (Lipinski definition) is 1.